The fourth-order valence-electron chi connectivity index (χ4n) is 0. The van der Waals surface area contributed by atoms with Gasteiger partial charge in [0, 0.05) is 115 Å². The summed E-state index contributed by atoms with van der Waals surface area (Å²) in [6.07, 6.45) is 0. The molecule has 6 radical (unpaired) electrons. The predicted octanol–water partition coefficient (Wildman–Crippen LogP) is 0.0837. The molecule has 0 fully saturated rings. The average Bonchev–Trinajstić information content (AvgIpc) is 1.00. The van der Waals surface area contributed by atoms with Crippen molar-refractivity contribution in [2.75, 3.05) is 0 Å². The molecule has 0 spiro atoms. The first-order valence-electron chi connectivity index (χ1n) is 0.169. The van der Waals surface area contributed by atoms with Gasteiger partial charge in [-0.25, -0.2) is 0 Å². The van der Waals surface area contributed by atoms with E-state index in [4.69, 9.17) is 0 Å². The minimum absolute atomic E-state index is 0. The van der Waals surface area contributed by atoms with Crippen molar-refractivity contribution in [3.05, 3.63) is 0 Å². The monoisotopic (exact) mass is 346 g/mol. The molecule has 0 rings (SSSR count). The van der Waals surface area contributed by atoms with Gasteiger partial charge in [0.25, 0.3) is 0 Å². The second kappa shape index (κ2) is 24.0. The maximum Gasteiger partial charge on any atom is 0 e. The first-order chi connectivity index (χ1) is 1.00. The van der Waals surface area contributed by atoms with E-state index in [0.29, 0.717) is 0 Å². The maximum atomic E-state index is 3.34. The van der Waals surface area contributed by atoms with Gasteiger partial charge in [-0.2, -0.15) is 0 Å². The summed E-state index contributed by atoms with van der Waals surface area (Å²) in [4.78, 5) is 0. The molecular weight excluding hydrogens is 346 g/mol. The molecule has 0 aliphatic rings. The third-order valence-electron chi connectivity index (χ3n) is 0. The van der Waals surface area contributed by atoms with E-state index in [0.717, 1.165) is 0 Å². The van der Waals surface area contributed by atoms with Crippen molar-refractivity contribution in [2.45, 2.75) is 0 Å². The van der Waals surface area contributed by atoms with Gasteiger partial charge in [-0.15, -0.1) is 11.1 Å². The number of thiol groups is 1. The summed E-state index contributed by atoms with van der Waals surface area (Å²) in [5.41, 5.74) is 0. The molecule has 5 heteroatoms. The van der Waals surface area contributed by atoms with E-state index in [-0.39, 0.29) is 115 Å². The molecular formula is HBBaBrRbS. The van der Waals surface area contributed by atoms with Gasteiger partial charge in [-0.1, -0.05) is 0 Å². The first-order valence-corrected chi connectivity index (χ1v) is 2.63. The molecule has 0 amide bonds. The van der Waals surface area contributed by atoms with Crippen LogP contribution in [0.25, 0.3) is 0 Å². The van der Waals surface area contributed by atoms with E-state index in [1.54, 1.807) is 0 Å². The van der Waals surface area contributed by atoms with Crippen molar-refractivity contribution in [1.82, 2.24) is 0 Å². The Morgan fingerprint density at radius 2 is 1.20 bits per heavy atom. The molecule has 0 aliphatic carbocycles. The number of hydrogen-bond donors (Lipinski definition) is 1. The minimum atomic E-state index is 0. The van der Waals surface area contributed by atoms with Crippen LogP contribution in [0.5, 0.6) is 0 Å². The SMILES string of the molecule is SBr.[B].[Ba].[Rb]. The molecule has 20 valence electrons. The zero-order valence-corrected chi connectivity index (χ0v) is 14.9. The van der Waals surface area contributed by atoms with Gasteiger partial charge in [0.2, 0.25) is 0 Å². The summed E-state index contributed by atoms with van der Waals surface area (Å²) in [6.45, 7) is 0. The zero-order chi connectivity index (χ0) is 2.00. The smallest absolute Gasteiger partial charge is 0 e. The third kappa shape index (κ3) is 17.8. The number of hydrogen-bond acceptors (Lipinski definition) is 1. The summed E-state index contributed by atoms with van der Waals surface area (Å²) in [5, 5.41) is 0. The summed E-state index contributed by atoms with van der Waals surface area (Å²) in [5.74, 6) is 0. The van der Waals surface area contributed by atoms with Crippen LogP contribution in [-0.4, -0.2) is 115 Å². The van der Waals surface area contributed by atoms with Crippen LogP contribution < -0.4 is 0 Å². The van der Waals surface area contributed by atoms with E-state index in [2.05, 4.69) is 25.9 Å². The largest absolute Gasteiger partial charge is 0.101 e. The van der Waals surface area contributed by atoms with Gasteiger partial charge < -0.3 is 0 Å². The van der Waals surface area contributed by atoms with Crippen molar-refractivity contribution < 1.29 is 0 Å². The van der Waals surface area contributed by atoms with E-state index >= 15 is 0 Å². The van der Waals surface area contributed by atoms with Gasteiger partial charge in [0.05, 0.1) is 0 Å². The fourth-order valence-corrected chi connectivity index (χ4v) is 0. The Kier molecular flexibility index (Phi) is 109. The third-order valence-corrected chi connectivity index (χ3v) is 0. The van der Waals surface area contributed by atoms with Crippen LogP contribution in [0.3, 0.4) is 0 Å². The van der Waals surface area contributed by atoms with Crippen molar-refractivity contribution in [3.8, 4) is 0 Å². The van der Waals surface area contributed by atoms with Crippen LogP contribution in [0.4, 0.5) is 0 Å². The second-order valence-electron chi connectivity index (χ2n) is 0. The summed E-state index contributed by atoms with van der Waals surface area (Å²) in [6, 6.07) is 0. The summed E-state index contributed by atoms with van der Waals surface area (Å²) in [7, 11) is 0. The van der Waals surface area contributed by atoms with Gasteiger partial charge in [0.15, 0.2) is 0 Å². The summed E-state index contributed by atoms with van der Waals surface area (Å²) >= 11 is 5.97. The van der Waals surface area contributed by atoms with Crippen molar-refractivity contribution in [2.24, 2.45) is 0 Å². The average molecular weight is 347 g/mol. The Bertz CT molecular complexity index is 11.6. The normalized spacial score (nSPS) is 1.20. The topological polar surface area (TPSA) is 0 Å². The zero-order valence-electron chi connectivity index (χ0n) is 3.11. The molecule has 0 saturated carbocycles. The molecule has 0 unspecified atom stereocenters. The summed E-state index contributed by atoms with van der Waals surface area (Å²) < 4.78 is 0. The molecule has 0 aromatic rings. The Morgan fingerprint density at radius 1 is 1.20 bits per heavy atom. The van der Waals surface area contributed by atoms with E-state index < -0.39 is 0 Å². The quantitative estimate of drug-likeness (QED) is 0.466. The molecule has 0 nitrogen and oxygen atoms in total. The van der Waals surface area contributed by atoms with Crippen LogP contribution in [0, 0.1) is 0 Å². The molecule has 0 N–H and O–H groups in total. The molecule has 0 bridgehead atoms. The molecule has 0 aromatic carbocycles. The van der Waals surface area contributed by atoms with Crippen molar-refractivity contribution in [1.29, 1.82) is 0 Å². The van der Waals surface area contributed by atoms with Gasteiger partial charge >= 0.3 is 0 Å². The van der Waals surface area contributed by atoms with E-state index in [1.807, 2.05) is 0 Å². The molecule has 0 aromatic heterocycles. The van der Waals surface area contributed by atoms with Gasteiger partial charge in [-0.05, 0) is 14.8 Å². The Morgan fingerprint density at radius 3 is 1.20 bits per heavy atom. The van der Waals surface area contributed by atoms with Crippen LogP contribution in [0.1, 0.15) is 0 Å². The Labute approximate surface area is 137 Å². The molecule has 5 heavy (non-hydrogen) atoms. The van der Waals surface area contributed by atoms with Gasteiger partial charge in [0.1, 0.15) is 0 Å². The first kappa shape index (κ1) is 22.8. The molecule has 0 aliphatic heterocycles. The minimum Gasteiger partial charge on any atom is -0.101 e. The molecule has 0 saturated heterocycles. The van der Waals surface area contributed by atoms with E-state index in [9.17, 15) is 0 Å². The number of halogens is 1. The second-order valence-corrected chi connectivity index (χ2v) is 0. The molecule has 0 heterocycles. The van der Waals surface area contributed by atoms with Crippen LogP contribution in [0.15, 0.2) is 0 Å². The van der Waals surface area contributed by atoms with Gasteiger partial charge in [-0.3, -0.25) is 0 Å². The van der Waals surface area contributed by atoms with Crippen molar-refractivity contribution in [3.63, 3.8) is 0 Å². The van der Waals surface area contributed by atoms with Crippen molar-refractivity contribution >= 4 is 141 Å². The van der Waals surface area contributed by atoms with Crippen LogP contribution in [0.2, 0.25) is 0 Å². The predicted molar refractivity (Wildman–Crippen MR) is 35.2 cm³/mol. The molecule has 0 atom stereocenters. The standard InChI is InChI=1S/B.Ba.BrHS.Rb/c;;1-2;/h;;2H;. The van der Waals surface area contributed by atoms with E-state index in [1.165, 1.54) is 0 Å². The van der Waals surface area contributed by atoms with Crippen LogP contribution >= 0.6 is 25.9 Å². The Balaban J connectivity index is -0.00000000167. The Hall–Kier alpha value is 4.27. The maximum absolute atomic E-state index is 3.34. The van der Waals surface area contributed by atoms with Crippen LogP contribution in [-0.2, 0) is 0 Å². The fraction of sp³-hybridized carbons (Fsp3) is 0. The number of rotatable bonds is 0.